The third-order valence-electron chi connectivity index (χ3n) is 5.79. The Bertz CT molecular complexity index is 1020. The quantitative estimate of drug-likeness (QED) is 0.659. The highest BCUT2D eigenvalue weighted by molar-refractivity contribution is 6.08. The highest BCUT2D eigenvalue weighted by atomic mass is 16.2. The SMILES string of the molecule is Cc1ccc(Cn2nc(C)c(C(=O)N3c4ccccc4CCC3C)c2C)cc1. The summed E-state index contributed by atoms with van der Waals surface area (Å²) in [5.74, 6) is 0.0600. The van der Waals surface area contributed by atoms with Gasteiger partial charge in [-0.1, -0.05) is 48.0 Å². The number of benzene rings is 2. The van der Waals surface area contributed by atoms with Crippen molar-refractivity contribution < 1.29 is 4.79 Å². The topological polar surface area (TPSA) is 38.1 Å². The Morgan fingerprint density at radius 3 is 2.54 bits per heavy atom. The maximum absolute atomic E-state index is 13.6. The van der Waals surface area contributed by atoms with E-state index in [1.165, 1.54) is 16.7 Å². The largest absolute Gasteiger partial charge is 0.305 e. The molecule has 0 N–H and O–H groups in total. The molecule has 1 aromatic heterocycles. The minimum absolute atomic E-state index is 0.0600. The molecule has 0 aliphatic carbocycles. The first kappa shape index (κ1) is 18.5. The molecule has 0 spiro atoms. The van der Waals surface area contributed by atoms with Crippen LogP contribution in [0.15, 0.2) is 48.5 Å². The van der Waals surface area contributed by atoms with E-state index in [1.54, 1.807) is 0 Å². The van der Waals surface area contributed by atoms with Gasteiger partial charge in [0.1, 0.15) is 0 Å². The van der Waals surface area contributed by atoms with Gasteiger partial charge in [-0.25, -0.2) is 0 Å². The number of hydrogen-bond acceptors (Lipinski definition) is 2. The van der Waals surface area contributed by atoms with Crippen LogP contribution in [0.5, 0.6) is 0 Å². The molecule has 1 unspecified atom stereocenters. The van der Waals surface area contributed by atoms with Gasteiger partial charge in [0.25, 0.3) is 5.91 Å². The number of nitrogens with zero attached hydrogens (tertiary/aromatic N) is 3. The molecule has 144 valence electrons. The van der Waals surface area contributed by atoms with Gasteiger partial charge in [-0.2, -0.15) is 5.10 Å². The molecule has 1 amide bonds. The van der Waals surface area contributed by atoms with E-state index in [0.717, 1.165) is 35.5 Å². The van der Waals surface area contributed by atoms with Crippen molar-refractivity contribution in [2.45, 2.75) is 53.1 Å². The number of para-hydroxylation sites is 1. The molecule has 3 aromatic rings. The molecule has 28 heavy (non-hydrogen) atoms. The number of carbonyl (C=O) groups is 1. The van der Waals surface area contributed by atoms with Crippen molar-refractivity contribution in [3.63, 3.8) is 0 Å². The fourth-order valence-electron chi connectivity index (χ4n) is 4.14. The molecule has 1 aliphatic heterocycles. The zero-order chi connectivity index (χ0) is 19.8. The van der Waals surface area contributed by atoms with Crippen LogP contribution in [0.3, 0.4) is 0 Å². The van der Waals surface area contributed by atoms with Crippen molar-refractivity contribution in [1.82, 2.24) is 9.78 Å². The summed E-state index contributed by atoms with van der Waals surface area (Å²) in [4.78, 5) is 15.6. The van der Waals surface area contributed by atoms with Crippen molar-refractivity contribution in [3.05, 3.63) is 82.2 Å². The average molecular weight is 374 g/mol. The lowest BCUT2D eigenvalue weighted by Crippen LogP contribution is -2.42. The van der Waals surface area contributed by atoms with Crippen molar-refractivity contribution in [1.29, 1.82) is 0 Å². The Kier molecular flexibility index (Phi) is 4.80. The molecule has 1 aliphatic rings. The van der Waals surface area contributed by atoms with E-state index in [1.807, 2.05) is 35.6 Å². The van der Waals surface area contributed by atoms with E-state index in [-0.39, 0.29) is 11.9 Å². The Morgan fingerprint density at radius 1 is 1.07 bits per heavy atom. The molecule has 2 heterocycles. The zero-order valence-electron chi connectivity index (χ0n) is 17.1. The molecule has 0 saturated heterocycles. The first-order chi connectivity index (χ1) is 13.5. The van der Waals surface area contributed by atoms with Crippen LogP contribution < -0.4 is 4.90 Å². The number of rotatable bonds is 3. The van der Waals surface area contributed by atoms with Crippen LogP contribution >= 0.6 is 0 Å². The summed E-state index contributed by atoms with van der Waals surface area (Å²) in [7, 11) is 0. The van der Waals surface area contributed by atoms with Crippen molar-refractivity contribution in [3.8, 4) is 0 Å². The van der Waals surface area contributed by atoms with Gasteiger partial charge in [0.2, 0.25) is 0 Å². The summed E-state index contributed by atoms with van der Waals surface area (Å²) >= 11 is 0. The minimum Gasteiger partial charge on any atom is -0.305 e. The van der Waals surface area contributed by atoms with Gasteiger partial charge in [-0.05, 0) is 57.7 Å². The summed E-state index contributed by atoms with van der Waals surface area (Å²) in [6, 6.07) is 16.9. The van der Waals surface area contributed by atoms with Gasteiger partial charge in [-0.3, -0.25) is 9.48 Å². The Morgan fingerprint density at radius 2 is 1.79 bits per heavy atom. The second kappa shape index (κ2) is 7.27. The van der Waals surface area contributed by atoms with Gasteiger partial charge < -0.3 is 4.90 Å². The number of amides is 1. The smallest absolute Gasteiger partial charge is 0.262 e. The third-order valence-corrected chi connectivity index (χ3v) is 5.79. The van der Waals surface area contributed by atoms with Crippen LogP contribution in [0.2, 0.25) is 0 Å². The molecule has 0 saturated carbocycles. The predicted octanol–water partition coefficient (Wildman–Crippen LogP) is 4.84. The summed E-state index contributed by atoms with van der Waals surface area (Å²) in [5.41, 5.74) is 7.17. The Balaban J connectivity index is 1.69. The van der Waals surface area contributed by atoms with Gasteiger partial charge in [0, 0.05) is 17.4 Å². The Hall–Kier alpha value is -2.88. The average Bonchev–Trinajstić information content (AvgIpc) is 2.96. The predicted molar refractivity (Wildman–Crippen MR) is 113 cm³/mol. The lowest BCUT2D eigenvalue weighted by molar-refractivity contribution is 0.0974. The molecule has 1 atom stereocenters. The molecule has 4 nitrogen and oxygen atoms in total. The van der Waals surface area contributed by atoms with E-state index in [0.29, 0.717) is 6.54 Å². The van der Waals surface area contributed by atoms with Gasteiger partial charge in [0.15, 0.2) is 0 Å². The highest BCUT2D eigenvalue weighted by Crippen LogP contribution is 2.32. The second-order valence-corrected chi connectivity index (χ2v) is 7.88. The number of fused-ring (bicyclic) bond motifs is 1. The van der Waals surface area contributed by atoms with E-state index >= 15 is 0 Å². The summed E-state index contributed by atoms with van der Waals surface area (Å²) in [6.45, 7) is 8.83. The monoisotopic (exact) mass is 373 g/mol. The maximum Gasteiger partial charge on any atom is 0.262 e. The van der Waals surface area contributed by atoms with Crippen LogP contribution in [-0.2, 0) is 13.0 Å². The molecule has 0 bridgehead atoms. The number of anilines is 1. The fourth-order valence-corrected chi connectivity index (χ4v) is 4.14. The summed E-state index contributed by atoms with van der Waals surface area (Å²) < 4.78 is 1.95. The fraction of sp³-hybridized carbons (Fsp3) is 0.333. The van der Waals surface area contributed by atoms with E-state index in [9.17, 15) is 4.79 Å². The van der Waals surface area contributed by atoms with Crippen LogP contribution in [-0.4, -0.2) is 21.7 Å². The first-order valence-electron chi connectivity index (χ1n) is 9.96. The lowest BCUT2D eigenvalue weighted by atomic mass is 9.95. The molecule has 4 heteroatoms. The van der Waals surface area contributed by atoms with Gasteiger partial charge in [0.05, 0.1) is 17.8 Å². The van der Waals surface area contributed by atoms with E-state index in [4.69, 9.17) is 5.10 Å². The third kappa shape index (κ3) is 3.24. The summed E-state index contributed by atoms with van der Waals surface area (Å²) in [5, 5.41) is 4.69. The first-order valence-corrected chi connectivity index (χ1v) is 9.96. The highest BCUT2D eigenvalue weighted by Gasteiger charge is 2.31. The van der Waals surface area contributed by atoms with Crippen molar-refractivity contribution in [2.75, 3.05) is 4.90 Å². The molecular formula is C24H27N3O. The van der Waals surface area contributed by atoms with Crippen LogP contribution in [0, 0.1) is 20.8 Å². The molecule has 2 aromatic carbocycles. The second-order valence-electron chi connectivity index (χ2n) is 7.88. The zero-order valence-corrected chi connectivity index (χ0v) is 17.1. The van der Waals surface area contributed by atoms with E-state index < -0.39 is 0 Å². The molecule has 0 fully saturated rings. The number of hydrogen-bond donors (Lipinski definition) is 0. The lowest BCUT2D eigenvalue weighted by Gasteiger charge is -2.35. The molecule has 4 rings (SSSR count). The summed E-state index contributed by atoms with van der Waals surface area (Å²) in [6.07, 6.45) is 2.00. The van der Waals surface area contributed by atoms with Crippen molar-refractivity contribution >= 4 is 11.6 Å². The Labute approximate surface area is 166 Å². The van der Waals surface area contributed by atoms with Crippen LogP contribution in [0.1, 0.15) is 51.8 Å². The van der Waals surface area contributed by atoms with Crippen LogP contribution in [0.25, 0.3) is 0 Å². The van der Waals surface area contributed by atoms with Gasteiger partial charge >= 0.3 is 0 Å². The molecule has 0 radical (unpaired) electrons. The van der Waals surface area contributed by atoms with Crippen LogP contribution in [0.4, 0.5) is 5.69 Å². The van der Waals surface area contributed by atoms with E-state index in [2.05, 4.69) is 50.2 Å². The minimum atomic E-state index is 0.0600. The number of aryl methyl sites for hydroxylation is 3. The molecular weight excluding hydrogens is 346 g/mol. The standard InChI is InChI=1S/C24H27N3O/c1-16-9-12-20(13-10-16)15-26-19(4)23(18(3)25-26)24(28)27-17(2)11-14-21-7-5-6-8-22(21)27/h5-10,12-13,17H,11,14-15H2,1-4H3. The normalized spacial score (nSPS) is 16.1. The maximum atomic E-state index is 13.6. The van der Waals surface area contributed by atoms with Crippen molar-refractivity contribution in [2.24, 2.45) is 0 Å². The van der Waals surface area contributed by atoms with Gasteiger partial charge in [-0.15, -0.1) is 0 Å². The number of aromatic nitrogens is 2. The number of carbonyl (C=O) groups excluding carboxylic acids is 1.